The Bertz CT molecular complexity index is 606. The molecule has 5 N–H and O–H groups in total. The molecular weight excluding hydrogens is 282 g/mol. The highest BCUT2D eigenvalue weighted by atomic mass is 16.4. The van der Waals surface area contributed by atoms with Crippen LogP contribution < -0.4 is 5.73 Å². The number of benzene rings is 2. The summed E-state index contributed by atoms with van der Waals surface area (Å²) in [5, 5.41) is 26.1. The maximum Gasteiger partial charge on any atom is 0.370 e. The van der Waals surface area contributed by atoms with E-state index in [-0.39, 0.29) is 0 Å². The average molecular weight is 301 g/mol. The molecule has 0 radical (unpaired) electrons. The third-order valence-corrected chi connectivity index (χ3v) is 2.69. The monoisotopic (exact) mass is 301 g/mol. The van der Waals surface area contributed by atoms with Gasteiger partial charge in [0, 0.05) is 0 Å². The normalized spacial score (nSPS) is 10.5. The van der Waals surface area contributed by atoms with Crippen LogP contribution in [0.5, 0.6) is 5.75 Å². The fraction of sp³-hybridized carbons (Fsp3) is 0.118. The first-order valence-electron chi connectivity index (χ1n) is 6.70. The standard InChI is InChI=1S/C9H8O3.C8H11NO/c10-8(9(11)12)6-7-4-2-1-3-5-7;9-6-5-7-1-3-8(10)4-2-7/h1-6,10H,(H,11,12);1-4,10H,5-6,9H2. The van der Waals surface area contributed by atoms with E-state index in [2.05, 4.69) is 0 Å². The molecule has 2 rings (SSSR count). The predicted octanol–water partition coefficient (Wildman–Crippen LogP) is 2.56. The number of aliphatic hydroxyl groups is 1. The van der Waals surface area contributed by atoms with Crippen molar-refractivity contribution in [3.63, 3.8) is 0 Å². The summed E-state index contributed by atoms with van der Waals surface area (Å²) in [6.07, 6.45) is 2.07. The van der Waals surface area contributed by atoms with E-state index in [9.17, 15) is 4.79 Å². The number of phenols is 1. The summed E-state index contributed by atoms with van der Waals surface area (Å²) < 4.78 is 0. The maximum absolute atomic E-state index is 10.2. The van der Waals surface area contributed by atoms with Gasteiger partial charge in [-0.3, -0.25) is 0 Å². The summed E-state index contributed by atoms with van der Waals surface area (Å²) >= 11 is 0. The Morgan fingerprint density at radius 3 is 2.09 bits per heavy atom. The van der Waals surface area contributed by atoms with Crippen LogP contribution in [0.4, 0.5) is 0 Å². The highest BCUT2D eigenvalue weighted by molar-refractivity contribution is 5.89. The van der Waals surface area contributed by atoms with E-state index >= 15 is 0 Å². The molecular formula is C17H19NO4. The van der Waals surface area contributed by atoms with Crippen molar-refractivity contribution in [2.75, 3.05) is 6.54 Å². The van der Waals surface area contributed by atoms with Gasteiger partial charge in [0.25, 0.3) is 0 Å². The topological polar surface area (TPSA) is 104 Å². The van der Waals surface area contributed by atoms with Gasteiger partial charge >= 0.3 is 5.97 Å². The zero-order chi connectivity index (χ0) is 16.4. The molecule has 0 fully saturated rings. The van der Waals surface area contributed by atoms with E-state index in [1.54, 1.807) is 36.4 Å². The summed E-state index contributed by atoms with van der Waals surface area (Å²) in [6.45, 7) is 0.658. The molecule has 0 bridgehead atoms. The number of nitrogens with two attached hydrogens (primary N) is 1. The Morgan fingerprint density at radius 1 is 1.00 bits per heavy atom. The van der Waals surface area contributed by atoms with Crippen LogP contribution >= 0.6 is 0 Å². The number of carboxylic acid groups (broad SMARTS) is 1. The van der Waals surface area contributed by atoms with E-state index in [1.807, 2.05) is 18.2 Å². The lowest BCUT2D eigenvalue weighted by atomic mass is 10.1. The van der Waals surface area contributed by atoms with Gasteiger partial charge in [0.2, 0.25) is 5.76 Å². The van der Waals surface area contributed by atoms with Crippen LogP contribution in [-0.2, 0) is 11.2 Å². The molecule has 0 atom stereocenters. The van der Waals surface area contributed by atoms with Crippen molar-refractivity contribution in [3.05, 3.63) is 71.5 Å². The van der Waals surface area contributed by atoms with Crippen molar-refractivity contribution in [2.24, 2.45) is 5.73 Å². The summed E-state index contributed by atoms with van der Waals surface area (Å²) in [5.41, 5.74) is 7.17. The minimum atomic E-state index is -1.32. The van der Waals surface area contributed by atoms with Gasteiger partial charge in [0.15, 0.2) is 0 Å². The van der Waals surface area contributed by atoms with Crippen LogP contribution in [0.15, 0.2) is 60.4 Å². The predicted molar refractivity (Wildman–Crippen MR) is 85.5 cm³/mol. The molecule has 0 aliphatic rings. The van der Waals surface area contributed by atoms with Gasteiger partial charge in [-0.1, -0.05) is 42.5 Å². The first kappa shape index (κ1) is 17.3. The van der Waals surface area contributed by atoms with Gasteiger partial charge in [0.1, 0.15) is 5.75 Å². The molecule has 0 aliphatic heterocycles. The van der Waals surface area contributed by atoms with Crippen LogP contribution in [0.1, 0.15) is 11.1 Å². The molecule has 0 heterocycles. The Hall–Kier alpha value is -2.79. The number of rotatable bonds is 4. The lowest BCUT2D eigenvalue weighted by Crippen LogP contribution is -2.01. The molecule has 5 nitrogen and oxygen atoms in total. The van der Waals surface area contributed by atoms with Gasteiger partial charge in [-0.15, -0.1) is 0 Å². The molecule has 2 aromatic carbocycles. The number of hydrogen-bond donors (Lipinski definition) is 4. The third kappa shape index (κ3) is 6.58. The summed E-state index contributed by atoms with van der Waals surface area (Å²) in [4.78, 5) is 10.2. The van der Waals surface area contributed by atoms with Gasteiger partial charge < -0.3 is 21.1 Å². The number of carbonyl (C=O) groups is 1. The molecule has 0 unspecified atom stereocenters. The van der Waals surface area contributed by atoms with Crippen molar-refractivity contribution in [1.29, 1.82) is 0 Å². The molecule has 0 amide bonds. The number of phenolic OH excluding ortho intramolecular Hbond substituents is 1. The quantitative estimate of drug-likeness (QED) is 0.513. The number of aliphatic carboxylic acids is 1. The van der Waals surface area contributed by atoms with Crippen LogP contribution in [-0.4, -0.2) is 27.8 Å². The fourth-order valence-corrected chi connectivity index (χ4v) is 1.60. The summed E-state index contributed by atoms with van der Waals surface area (Å²) in [5.74, 6) is -1.67. The number of aromatic hydroxyl groups is 1. The molecule has 116 valence electrons. The van der Waals surface area contributed by atoms with E-state index < -0.39 is 11.7 Å². The second-order valence-electron chi connectivity index (χ2n) is 4.45. The zero-order valence-electron chi connectivity index (χ0n) is 12.0. The minimum Gasteiger partial charge on any atom is -0.508 e. The zero-order valence-corrected chi connectivity index (χ0v) is 12.0. The van der Waals surface area contributed by atoms with Gasteiger partial charge in [0.05, 0.1) is 0 Å². The highest BCUT2D eigenvalue weighted by Crippen LogP contribution is 2.09. The Balaban J connectivity index is 0.000000224. The van der Waals surface area contributed by atoms with E-state index in [0.717, 1.165) is 6.42 Å². The van der Waals surface area contributed by atoms with Crippen molar-refractivity contribution < 1.29 is 20.1 Å². The first-order valence-corrected chi connectivity index (χ1v) is 6.70. The Morgan fingerprint density at radius 2 is 1.59 bits per heavy atom. The molecule has 2 aromatic rings. The molecule has 0 saturated heterocycles. The van der Waals surface area contributed by atoms with Crippen molar-refractivity contribution >= 4 is 12.0 Å². The summed E-state index contributed by atoms with van der Waals surface area (Å²) in [7, 11) is 0. The number of carboxylic acids is 1. The minimum absolute atomic E-state index is 0.306. The second kappa shape index (κ2) is 9.20. The fourth-order valence-electron chi connectivity index (χ4n) is 1.60. The maximum atomic E-state index is 10.2. The molecule has 22 heavy (non-hydrogen) atoms. The average Bonchev–Trinajstić information content (AvgIpc) is 2.51. The van der Waals surface area contributed by atoms with Gasteiger partial charge in [-0.05, 0) is 42.3 Å². The van der Waals surface area contributed by atoms with Crippen molar-refractivity contribution in [1.82, 2.24) is 0 Å². The van der Waals surface area contributed by atoms with Crippen LogP contribution in [0.25, 0.3) is 6.08 Å². The van der Waals surface area contributed by atoms with Crippen molar-refractivity contribution in [2.45, 2.75) is 6.42 Å². The molecule has 0 saturated carbocycles. The highest BCUT2D eigenvalue weighted by Gasteiger charge is 2.02. The SMILES string of the molecule is NCCc1ccc(O)cc1.O=C(O)C(O)=Cc1ccccc1. The Kier molecular flexibility index (Phi) is 7.22. The lowest BCUT2D eigenvalue weighted by molar-refractivity contribution is -0.135. The third-order valence-electron chi connectivity index (χ3n) is 2.69. The summed E-state index contributed by atoms with van der Waals surface area (Å²) in [6, 6.07) is 15.9. The van der Waals surface area contributed by atoms with Crippen LogP contribution in [0.2, 0.25) is 0 Å². The second-order valence-corrected chi connectivity index (χ2v) is 4.45. The molecule has 5 heteroatoms. The molecule has 0 aliphatic carbocycles. The number of hydrogen-bond acceptors (Lipinski definition) is 4. The van der Waals surface area contributed by atoms with Crippen molar-refractivity contribution in [3.8, 4) is 5.75 Å². The van der Waals surface area contributed by atoms with E-state index in [1.165, 1.54) is 11.6 Å². The Labute approximate surface area is 129 Å². The first-order chi connectivity index (χ1) is 10.5. The van der Waals surface area contributed by atoms with E-state index in [4.69, 9.17) is 21.1 Å². The van der Waals surface area contributed by atoms with Crippen LogP contribution in [0, 0.1) is 0 Å². The molecule has 0 spiro atoms. The largest absolute Gasteiger partial charge is 0.508 e. The van der Waals surface area contributed by atoms with Gasteiger partial charge in [-0.2, -0.15) is 0 Å². The number of aliphatic hydroxyl groups excluding tert-OH is 1. The lowest BCUT2D eigenvalue weighted by Gasteiger charge is -1.96. The van der Waals surface area contributed by atoms with Gasteiger partial charge in [-0.25, -0.2) is 4.79 Å². The van der Waals surface area contributed by atoms with E-state index in [0.29, 0.717) is 17.9 Å². The van der Waals surface area contributed by atoms with Crippen LogP contribution in [0.3, 0.4) is 0 Å². The smallest absolute Gasteiger partial charge is 0.370 e. The molecule has 0 aromatic heterocycles.